The van der Waals surface area contributed by atoms with Crippen LogP contribution in [0, 0.1) is 0 Å². The average Bonchev–Trinajstić information content (AvgIpc) is 3.02. The Kier molecular flexibility index (Phi) is 3.24. The van der Waals surface area contributed by atoms with Crippen LogP contribution < -0.4 is 5.32 Å². The number of rotatable bonds is 4. The molecule has 1 aliphatic carbocycles. The van der Waals surface area contributed by atoms with Crippen molar-refractivity contribution in [3.8, 4) is 0 Å². The molecule has 0 bridgehead atoms. The highest BCUT2D eigenvalue weighted by molar-refractivity contribution is 5.93. The first kappa shape index (κ1) is 12.6. The molecule has 2 aliphatic rings. The van der Waals surface area contributed by atoms with Crippen LogP contribution in [0.5, 0.6) is 0 Å². The van der Waals surface area contributed by atoms with Gasteiger partial charge in [-0.3, -0.25) is 19.6 Å². The van der Waals surface area contributed by atoms with Gasteiger partial charge < -0.3 is 4.74 Å². The van der Waals surface area contributed by atoms with E-state index < -0.39 is 0 Å². The Morgan fingerprint density at radius 1 is 1.53 bits per heavy atom. The number of hydrogen-bond donors (Lipinski definition) is 1. The second-order valence-electron chi connectivity index (χ2n) is 5.33. The SMILES string of the molecule is CO[C@H]1C[C@@H](C(=O)Nc2nncn2C2CC2)N(C)C1. The molecular formula is C12H19N5O2. The van der Waals surface area contributed by atoms with Crippen molar-refractivity contribution in [1.82, 2.24) is 19.7 Å². The number of ether oxygens (including phenoxy) is 1. The van der Waals surface area contributed by atoms with E-state index in [1.807, 2.05) is 16.5 Å². The van der Waals surface area contributed by atoms with Crippen LogP contribution in [0.3, 0.4) is 0 Å². The van der Waals surface area contributed by atoms with Crippen molar-refractivity contribution in [2.45, 2.75) is 37.5 Å². The summed E-state index contributed by atoms with van der Waals surface area (Å²) in [5, 5.41) is 10.7. The molecule has 1 saturated carbocycles. The van der Waals surface area contributed by atoms with Crippen molar-refractivity contribution in [3.05, 3.63) is 6.33 Å². The summed E-state index contributed by atoms with van der Waals surface area (Å²) >= 11 is 0. The summed E-state index contributed by atoms with van der Waals surface area (Å²) in [6, 6.07) is 0.299. The number of hydrogen-bond acceptors (Lipinski definition) is 5. The lowest BCUT2D eigenvalue weighted by Crippen LogP contribution is -2.37. The molecule has 0 aromatic carbocycles. The van der Waals surface area contributed by atoms with Crippen LogP contribution in [0.4, 0.5) is 5.95 Å². The maximum atomic E-state index is 12.3. The van der Waals surface area contributed by atoms with Gasteiger partial charge in [0.05, 0.1) is 12.1 Å². The zero-order valence-corrected chi connectivity index (χ0v) is 11.2. The van der Waals surface area contributed by atoms with Gasteiger partial charge in [0, 0.05) is 19.7 Å². The van der Waals surface area contributed by atoms with Crippen LogP contribution in [-0.4, -0.2) is 58.4 Å². The Morgan fingerprint density at radius 3 is 2.95 bits per heavy atom. The minimum Gasteiger partial charge on any atom is -0.380 e. The van der Waals surface area contributed by atoms with Crippen molar-refractivity contribution >= 4 is 11.9 Å². The van der Waals surface area contributed by atoms with Gasteiger partial charge in [-0.05, 0) is 26.3 Å². The monoisotopic (exact) mass is 265 g/mol. The fourth-order valence-electron chi connectivity index (χ4n) is 2.58. The number of amides is 1. The zero-order valence-electron chi connectivity index (χ0n) is 11.2. The second kappa shape index (κ2) is 4.90. The molecule has 1 aromatic rings. The fraction of sp³-hybridized carbons (Fsp3) is 0.750. The van der Waals surface area contributed by atoms with Gasteiger partial charge >= 0.3 is 0 Å². The molecule has 1 aliphatic heterocycles. The maximum Gasteiger partial charge on any atom is 0.244 e. The Morgan fingerprint density at radius 2 is 2.32 bits per heavy atom. The van der Waals surface area contributed by atoms with Gasteiger partial charge in [-0.2, -0.15) is 0 Å². The lowest BCUT2D eigenvalue weighted by molar-refractivity contribution is -0.120. The van der Waals surface area contributed by atoms with Gasteiger partial charge in [0.15, 0.2) is 0 Å². The predicted octanol–water partition coefficient (Wildman–Crippen LogP) is 0.271. The standard InChI is InChI=1S/C12H19N5O2/c1-16-6-9(19-2)5-10(16)11(18)14-12-15-13-7-17(12)8-3-4-8/h7-10H,3-6H2,1-2H3,(H,14,15,18)/t9-,10-/m0/s1. The number of likely N-dealkylation sites (N-methyl/N-ethyl adjacent to an activating group) is 1. The molecule has 1 saturated heterocycles. The number of methoxy groups -OCH3 is 1. The normalized spacial score (nSPS) is 27.7. The van der Waals surface area contributed by atoms with Gasteiger partial charge in [0.1, 0.15) is 6.33 Å². The van der Waals surface area contributed by atoms with E-state index in [0.29, 0.717) is 12.0 Å². The summed E-state index contributed by atoms with van der Waals surface area (Å²) in [6.45, 7) is 0.782. The molecule has 104 valence electrons. The molecule has 19 heavy (non-hydrogen) atoms. The van der Waals surface area contributed by atoms with Crippen LogP contribution in [0.1, 0.15) is 25.3 Å². The van der Waals surface area contributed by atoms with E-state index in [4.69, 9.17) is 4.74 Å². The van der Waals surface area contributed by atoms with Crippen molar-refractivity contribution in [2.24, 2.45) is 0 Å². The first-order chi connectivity index (χ1) is 9.19. The summed E-state index contributed by atoms with van der Waals surface area (Å²) in [5.41, 5.74) is 0. The molecule has 3 rings (SSSR count). The minimum absolute atomic E-state index is 0.0306. The Balaban J connectivity index is 1.66. The van der Waals surface area contributed by atoms with Crippen LogP contribution in [0.15, 0.2) is 6.33 Å². The minimum atomic E-state index is -0.158. The molecule has 1 aromatic heterocycles. The highest BCUT2D eigenvalue weighted by Gasteiger charge is 2.35. The number of likely N-dealkylation sites (tertiary alicyclic amines) is 1. The van der Waals surface area contributed by atoms with Crippen molar-refractivity contribution in [2.75, 3.05) is 26.0 Å². The Bertz CT molecular complexity index is 470. The fourth-order valence-corrected chi connectivity index (χ4v) is 2.58. The third kappa shape index (κ3) is 2.48. The predicted molar refractivity (Wildman–Crippen MR) is 68.8 cm³/mol. The summed E-state index contributed by atoms with van der Waals surface area (Å²) in [6.07, 6.45) is 4.80. The highest BCUT2D eigenvalue weighted by Crippen LogP contribution is 2.36. The highest BCUT2D eigenvalue weighted by atomic mass is 16.5. The lowest BCUT2D eigenvalue weighted by atomic mass is 10.2. The summed E-state index contributed by atoms with van der Waals surface area (Å²) in [7, 11) is 3.62. The third-order valence-electron chi connectivity index (χ3n) is 3.89. The number of nitrogens with one attached hydrogen (secondary N) is 1. The number of carbonyl (C=O) groups excluding carboxylic acids is 1. The van der Waals surface area contributed by atoms with Crippen LogP contribution in [-0.2, 0) is 9.53 Å². The van der Waals surface area contributed by atoms with Gasteiger partial charge in [0.25, 0.3) is 0 Å². The van der Waals surface area contributed by atoms with Crippen LogP contribution >= 0.6 is 0 Å². The van der Waals surface area contributed by atoms with Gasteiger partial charge in [0.2, 0.25) is 11.9 Å². The Hall–Kier alpha value is -1.47. The maximum absolute atomic E-state index is 12.3. The third-order valence-corrected chi connectivity index (χ3v) is 3.89. The zero-order chi connectivity index (χ0) is 13.4. The number of aromatic nitrogens is 3. The quantitative estimate of drug-likeness (QED) is 0.846. The molecular weight excluding hydrogens is 246 g/mol. The Labute approximate surface area is 111 Å². The van der Waals surface area contributed by atoms with Gasteiger partial charge in [-0.25, -0.2) is 0 Å². The molecule has 0 spiro atoms. The van der Waals surface area contributed by atoms with E-state index in [-0.39, 0.29) is 18.1 Å². The molecule has 2 fully saturated rings. The van der Waals surface area contributed by atoms with Crippen LogP contribution in [0.25, 0.3) is 0 Å². The number of nitrogens with zero attached hydrogens (tertiary/aromatic N) is 4. The smallest absolute Gasteiger partial charge is 0.244 e. The largest absolute Gasteiger partial charge is 0.380 e. The van der Waals surface area contributed by atoms with E-state index in [2.05, 4.69) is 15.5 Å². The number of anilines is 1. The molecule has 0 radical (unpaired) electrons. The molecule has 2 heterocycles. The average molecular weight is 265 g/mol. The first-order valence-electron chi connectivity index (χ1n) is 6.62. The molecule has 7 nitrogen and oxygen atoms in total. The number of carbonyl (C=O) groups is 1. The second-order valence-corrected chi connectivity index (χ2v) is 5.33. The molecule has 1 amide bonds. The van der Waals surface area contributed by atoms with E-state index in [0.717, 1.165) is 25.8 Å². The van der Waals surface area contributed by atoms with Crippen molar-refractivity contribution in [3.63, 3.8) is 0 Å². The summed E-state index contributed by atoms with van der Waals surface area (Å²) in [5.74, 6) is 0.527. The lowest BCUT2D eigenvalue weighted by Gasteiger charge is -2.17. The van der Waals surface area contributed by atoms with E-state index in [1.165, 1.54) is 0 Å². The molecule has 7 heteroatoms. The van der Waals surface area contributed by atoms with Gasteiger partial charge in [-0.15, -0.1) is 10.2 Å². The van der Waals surface area contributed by atoms with Crippen LogP contribution in [0.2, 0.25) is 0 Å². The topological polar surface area (TPSA) is 72.3 Å². The summed E-state index contributed by atoms with van der Waals surface area (Å²) < 4.78 is 7.26. The molecule has 1 N–H and O–H groups in total. The van der Waals surface area contributed by atoms with Gasteiger partial charge in [-0.1, -0.05) is 0 Å². The summed E-state index contributed by atoms with van der Waals surface area (Å²) in [4.78, 5) is 14.3. The molecule has 2 atom stereocenters. The van der Waals surface area contributed by atoms with E-state index in [9.17, 15) is 4.79 Å². The van der Waals surface area contributed by atoms with Crippen molar-refractivity contribution < 1.29 is 9.53 Å². The van der Waals surface area contributed by atoms with E-state index in [1.54, 1.807) is 13.4 Å². The van der Waals surface area contributed by atoms with Crippen molar-refractivity contribution in [1.29, 1.82) is 0 Å². The molecule has 0 unspecified atom stereocenters. The first-order valence-corrected chi connectivity index (χ1v) is 6.62. The van der Waals surface area contributed by atoms with E-state index >= 15 is 0 Å².